The highest BCUT2D eigenvalue weighted by molar-refractivity contribution is 9.10. The van der Waals surface area contributed by atoms with Crippen LogP contribution in [0.1, 0.15) is 18.9 Å². The Bertz CT molecular complexity index is 346. The van der Waals surface area contributed by atoms with Gasteiger partial charge in [-0.3, -0.25) is 4.79 Å². The predicted molar refractivity (Wildman–Crippen MR) is 62.7 cm³/mol. The molecule has 0 amide bonds. The Hall–Kier alpha value is -0.870. The molecule has 82 valence electrons. The summed E-state index contributed by atoms with van der Waals surface area (Å²) in [5, 5.41) is 8.83. The van der Waals surface area contributed by atoms with Crippen molar-refractivity contribution in [3.05, 3.63) is 34.3 Å². The molecule has 0 spiro atoms. The Morgan fingerprint density at radius 2 is 2.00 bits per heavy atom. The minimum absolute atomic E-state index is 0.434. The molecular weight excluding hydrogens is 258 g/mol. The van der Waals surface area contributed by atoms with E-state index in [2.05, 4.69) is 15.9 Å². The van der Waals surface area contributed by atoms with E-state index in [1.54, 1.807) is 0 Å². The lowest BCUT2D eigenvalue weighted by Crippen LogP contribution is -2.45. The first-order chi connectivity index (χ1) is 6.92. The fourth-order valence-corrected chi connectivity index (χ4v) is 1.43. The van der Waals surface area contributed by atoms with Gasteiger partial charge in [0.2, 0.25) is 0 Å². The third kappa shape index (κ3) is 3.64. The van der Waals surface area contributed by atoms with Crippen LogP contribution in [0.25, 0.3) is 0 Å². The van der Waals surface area contributed by atoms with Crippen LogP contribution in [-0.2, 0) is 11.2 Å². The summed E-state index contributed by atoms with van der Waals surface area (Å²) in [5.74, 6) is -0.959. The van der Waals surface area contributed by atoms with E-state index >= 15 is 0 Å². The highest BCUT2D eigenvalue weighted by atomic mass is 79.9. The molecule has 0 fully saturated rings. The van der Waals surface area contributed by atoms with Crippen LogP contribution >= 0.6 is 15.9 Å². The van der Waals surface area contributed by atoms with E-state index in [9.17, 15) is 4.79 Å². The fraction of sp³-hybridized carbons (Fsp3) is 0.364. The van der Waals surface area contributed by atoms with E-state index in [1.165, 1.54) is 6.92 Å². The highest BCUT2D eigenvalue weighted by Gasteiger charge is 2.26. The molecule has 3 N–H and O–H groups in total. The fourth-order valence-electron chi connectivity index (χ4n) is 1.16. The average molecular weight is 272 g/mol. The third-order valence-electron chi connectivity index (χ3n) is 2.33. The largest absolute Gasteiger partial charge is 0.480 e. The molecule has 4 heteroatoms. The van der Waals surface area contributed by atoms with Crippen molar-refractivity contribution >= 4 is 21.9 Å². The van der Waals surface area contributed by atoms with E-state index in [0.29, 0.717) is 12.8 Å². The van der Waals surface area contributed by atoms with Crippen molar-refractivity contribution in [3.63, 3.8) is 0 Å². The Labute approximate surface area is 97.4 Å². The normalized spacial score (nSPS) is 14.6. The van der Waals surface area contributed by atoms with Crippen LogP contribution in [0.4, 0.5) is 0 Å². The van der Waals surface area contributed by atoms with Gasteiger partial charge >= 0.3 is 5.97 Å². The lowest BCUT2D eigenvalue weighted by molar-refractivity contribution is -0.142. The maximum Gasteiger partial charge on any atom is 0.323 e. The number of carboxylic acid groups (broad SMARTS) is 1. The van der Waals surface area contributed by atoms with E-state index in [-0.39, 0.29) is 0 Å². The van der Waals surface area contributed by atoms with Gasteiger partial charge in [0.25, 0.3) is 0 Å². The molecular formula is C11H14BrNO2. The second-order valence-electron chi connectivity index (χ2n) is 3.85. The van der Waals surface area contributed by atoms with Crippen LogP contribution < -0.4 is 5.73 Å². The van der Waals surface area contributed by atoms with Crippen molar-refractivity contribution in [3.8, 4) is 0 Å². The van der Waals surface area contributed by atoms with Gasteiger partial charge in [-0.25, -0.2) is 0 Å². The van der Waals surface area contributed by atoms with Crippen LogP contribution in [0.2, 0.25) is 0 Å². The second kappa shape index (κ2) is 4.77. The standard InChI is InChI=1S/C11H14BrNO2/c1-11(13,10(14)15)7-6-8-2-4-9(12)5-3-8/h2-5H,6-7,13H2,1H3,(H,14,15)/t11-/m1/s1. The van der Waals surface area contributed by atoms with E-state index in [0.717, 1.165) is 10.0 Å². The zero-order valence-electron chi connectivity index (χ0n) is 8.53. The molecule has 0 radical (unpaired) electrons. The Kier molecular flexibility index (Phi) is 3.88. The molecule has 15 heavy (non-hydrogen) atoms. The first kappa shape index (κ1) is 12.2. The smallest absolute Gasteiger partial charge is 0.323 e. The van der Waals surface area contributed by atoms with Gasteiger partial charge in [0.1, 0.15) is 5.54 Å². The zero-order valence-corrected chi connectivity index (χ0v) is 10.1. The molecule has 0 bridgehead atoms. The first-order valence-corrected chi connectivity index (χ1v) is 5.48. The molecule has 0 aliphatic rings. The van der Waals surface area contributed by atoms with Crippen molar-refractivity contribution in [2.75, 3.05) is 0 Å². The molecule has 0 aliphatic heterocycles. The number of hydrogen-bond donors (Lipinski definition) is 2. The monoisotopic (exact) mass is 271 g/mol. The Morgan fingerprint density at radius 3 is 2.47 bits per heavy atom. The number of benzene rings is 1. The lowest BCUT2D eigenvalue weighted by atomic mass is 9.95. The maximum atomic E-state index is 10.8. The molecule has 0 unspecified atom stereocenters. The minimum atomic E-state index is -1.15. The summed E-state index contributed by atoms with van der Waals surface area (Å²) in [5.41, 5.74) is 5.58. The van der Waals surface area contributed by atoms with Crippen molar-refractivity contribution in [2.45, 2.75) is 25.3 Å². The van der Waals surface area contributed by atoms with Crippen LogP contribution in [0.5, 0.6) is 0 Å². The van der Waals surface area contributed by atoms with Gasteiger partial charge in [-0.15, -0.1) is 0 Å². The van der Waals surface area contributed by atoms with Gasteiger partial charge < -0.3 is 10.8 Å². The molecule has 3 nitrogen and oxygen atoms in total. The van der Waals surface area contributed by atoms with E-state index < -0.39 is 11.5 Å². The molecule has 0 aliphatic carbocycles. The number of hydrogen-bond acceptors (Lipinski definition) is 2. The van der Waals surface area contributed by atoms with Crippen LogP contribution in [0, 0.1) is 0 Å². The third-order valence-corrected chi connectivity index (χ3v) is 2.86. The summed E-state index contributed by atoms with van der Waals surface area (Å²) in [7, 11) is 0. The molecule has 1 aromatic rings. The van der Waals surface area contributed by atoms with Gasteiger partial charge in [0.15, 0.2) is 0 Å². The number of aliphatic carboxylic acids is 1. The van der Waals surface area contributed by atoms with Crippen LogP contribution in [-0.4, -0.2) is 16.6 Å². The number of halogens is 1. The van der Waals surface area contributed by atoms with Gasteiger partial charge in [0, 0.05) is 4.47 Å². The van der Waals surface area contributed by atoms with Crippen molar-refractivity contribution in [2.24, 2.45) is 5.73 Å². The number of aryl methyl sites for hydroxylation is 1. The molecule has 1 atom stereocenters. The zero-order chi connectivity index (χ0) is 11.5. The summed E-state index contributed by atoms with van der Waals surface area (Å²) in [4.78, 5) is 10.8. The number of rotatable bonds is 4. The maximum absolute atomic E-state index is 10.8. The highest BCUT2D eigenvalue weighted by Crippen LogP contribution is 2.15. The first-order valence-electron chi connectivity index (χ1n) is 4.68. The summed E-state index contributed by atoms with van der Waals surface area (Å²) in [6, 6.07) is 7.79. The Balaban J connectivity index is 2.57. The summed E-state index contributed by atoms with van der Waals surface area (Å²) in [6.45, 7) is 1.54. The predicted octanol–water partition coefficient (Wildman–Crippen LogP) is 2.18. The van der Waals surface area contributed by atoms with Crippen molar-refractivity contribution < 1.29 is 9.90 Å². The summed E-state index contributed by atoms with van der Waals surface area (Å²) < 4.78 is 1.01. The molecule has 0 saturated heterocycles. The van der Waals surface area contributed by atoms with E-state index in [1.807, 2.05) is 24.3 Å². The van der Waals surface area contributed by atoms with Crippen LogP contribution in [0.15, 0.2) is 28.7 Å². The van der Waals surface area contributed by atoms with Gasteiger partial charge in [-0.05, 0) is 37.5 Å². The SMILES string of the molecule is C[C@@](N)(CCc1ccc(Br)cc1)C(=O)O. The molecule has 0 aromatic heterocycles. The van der Waals surface area contributed by atoms with Crippen LogP contribution in [0.3, 0.4) is 0 Å². The number of nitrogens with two attached hydrogens (primary N) is 1. The van der Waals surface area contributed by atoms with Gasteiger partial charge in [0.05, 0.1) is 0 Å². The molecule has 1 aromatic carbocycles. The summed E-state index contributed by atoms with van der Waals surface area (Å²) in [6.07, 6.45) is 1.11. The quantitative estimate of drug-likeness (QED) is 0.883. The molecule has 0 saturated carbocycles. The topological polar surface area (TPSA) is 63.3 Å². The van der Waals surface area contributed by atoms with Gasteiger partial charge in [-0.1, -0.05) is 28.1 Å². The second-order valence-corrected chi connectivity index (χ2v) is 4.76. The number of carbonyl (C=O) groups is 1. The molecule has 0 heterocycles. The average Bonchev–Trinajstić information content (AvgIpc) is 2.17. The van der Waals surface area contributed by atoms with Crippen molar-refractivity contribution in [1.29, 1.82) is 0 Å². The van der Waals surface area contributed by atoms with Crippen molar-refractivity contribution in [1.82, 2.24) is 0 Å². The summed E-state index contributed by atoms with van der Waals surface area (Å²) >= 11 is 3.34. The van der Waals surface area contributed by atoms with E-state index in [4.69, 9.17) is 10.8 Å². The number of carboxylic acids is 1. The molecule has 1 rings (SSSR count). The Morgan fingerprint density at radius 1 is 1.47 bits per heavy atom. The minimum Gasteiger partial charge on any atom is -0.480 e. The van der Waals surface area contributed by atoms with Gasteiger partial charge in [-0.2, -0.15) is 0 Å². The lowest BCUT2D eigenvalue weighted by Gasteiger charge is -2.18.